The zero-order valence-electron chi connectivity index (χ0n) is 16.9. The second-order valence-corrected chi connectivity index (χ2v) is 8.24. The summed E-state index contributed by atoms with van der Waals surface area (Å²) >= 11 is 0. The van der Waals surface area contributed by atoms with Crippen LogP contribution in [0.1, 0.15) is 46.6 Å². The molecule has 27 heavy (non-hydrogen) atoms. The number of fused-ring (bicyclic) bond motifs is 1. The van der Waals surface area contributed by atoms with E-state index in [-0.39, 0.29) is 5.91 Å². The summed E-state index contributed by atoms with van der Waals surface area (Å²) in [5.74, 6) is 0.294. The van der Waals surface area contributed by atoms with Crippen molar-refractivity contribution < 1.29 is 14.3 Å². The first kappa shape index (κ1) is 20.8. The third-order valence-corrected chi connectivity index (χ3v) is 4.13. The van der Waals surface area contributed by atoms with Crippen molar-refractivity contribution >= 4 is 22.9 Å². The van der Waals surface area contributed by atoms with Gasteiger partial charge in [-0.3, -0.25) is 4.79 Å². The third-order valence-electron chi connectivity index (χ3n) is 4.13. The smallest absolute Gasteiger partial charge is 0.408 e. The van der Waals surface area contributed by atoms with E-state index in [0.29, 0.717) is 18.9 Å². The second-order valence-electron chi connectivity index (χ2n) is 8.24. The predicted octanol–water partition coefficient (Wildman–Crippen LogP) is 3.77. The zero-order valence-corrected chi connectivity index (χ0v) is 16.9. The highest BCUT2D eigenvalue weighted by atomic mass is 16.6. The van der Waals surface area contributed by atoms with Crippen molar-refractivity contribution in [3.8, 4) is 0 Å². The van der Waals surface area contributed by atoms with Crippen LogP contribution in [0.15, 0.2) is 30.5 Å². The molecule has 0 aliphatic heterocycles. The van der Waals surface area contributed by atoms with Gasteiger partial charge in [-0.25, -0.2) is 4.79 Å². The van der Waals surface area contributed by atoms with Gasteiger partial charge in [0.25, 0.3) is 0 Å². The molecule has 6 nitrogen and oxygen atoms in total. The molecule has 0 radical (unpaired) electrons. The lowest BCUT2D eigenvalue weighted by Crippen LogP contribution is -2.49. The van der Waals surface area contributed by atoms with Crippen molar-refractivity contribution in [2.24, 2.45) is 5.92 Å². The molecule has 0 unspecified atom stereocenters. The highest BCUT2D eigenvalue weighted by Gasteiger charge is 2.25. The van der Waals surface area contributed by atoms with Crippen molar-refractivity contribution in [3.05, 3.63) is 36.0 Å². The third kappa shape index (κ3) is 6.62. The summed E-state index contributed by atoms with van der Waals surface area (Å²) in [7, 11) is 0. The Balaban J connectivity index is 2.13. The van der Waals surface area contributed by atoms with Crippen LogP contribution in [0, 0.1) is 5.92 Å². The van der Waals surface area contributed by atoms with Crippen LogP contribution in [0.2, 0.25) is 0 Å². The van der Waals surface area contributed by atoms with E-state index in [1.807, 2.05) is 30.5 Å². The van der Waals surface area contributed by atoms with Gasteiger partial charge in [-0.1, -0.05) is 32.0 Å². The first-order valence-corrected chi connectivity index (χ1v) is 9.48. The fraction of sp³-hybridized carbons (Fsp3) is 0.524. The standard InChI is InChI=1S/C21H31N3O3/c1-14(2)10-11-22-19(25)18(24-20(26)27-21(3,4)5)12-15-13-23-17-9-7-6-8-16(15)17/h6-9,13-14,18,23H,10-12H2,1-5H3,(H,22,25)(H,24,26)/t18-/m1/s1. The molecule has 0 aliphatic rings. The Labute approximate surface area is 161 Å². The minimum absolute atomic E-state index is 0.202. The van der Waals surface area contributed by atoms with Crippen LogP contribution in [-0.4, -0.2) is 35.2 Å². The molecule has 148 valence electrons. The molecule has 0 spiro atoms. The van der Waals surface area contributed by atoms with E-state index in [9.17, 15) is 9.59 Å². The van der Waals surface area contributed by atoms with Crippen molar-refractivity contribution in [1.82, 2.24) is 15.6 Å². The van der Waals surface area contributed by atoms with E-state index in [0.717, 1.165) is 22.9 Å². The number of nitrogens with one attached hydrogen (secondary N) is 3. The summed E-state index contributed by atoms with van der Waals surface area (Å²) < 4.78 is 5.33. The molecule has 0 bridgehead atoms. The number of ether oxygens (including phenoxy) is 1. The van der Waals surface area contributed by atoms with Gasteiger partial charge in [-0.05, 0) is 44.7 Å². The Morgan fingerprint density at radius 1 is 1.19 bits per heavy atom. The van der Waals surface area contributed by atoms with Gasteiger partial charge in [0.2, 0.25) is 5.91 Å². The molecule has 1 heterocycles. The van der Waals surface area contributed by atoms with Gasteiger partial charge in [-0.2, -0.15) is 0 Å². The fourth-order valence-corrected chi connectivity index (χ4v) is 2.79. The van der Waals surface area contributed by atoms with Gasteiger partial charge in [0, 0.05) is 30.1 Å². The average molecular weight is 373 g/mol. The molecule has 0 saturated carbocycles. The monoisotopic (exact) mass is 373 g/mol. The van der Waals surface area contributed by atoms with Gasteiger partial charge in [0.1, 0.15) is 11.6 Å². The summed E-state index contributed by atoms with van der Waals surface area (Å²) in [4.78, 5) is 28.1. The molecule has 2 aromatic rings. The van der Waals surface area contributed by atoms with E-state index in [1.165, 1.54) is 0 Å². The Morgan fingerprint density at radius 2 is 1.89 bits per heavy atom. The lowest BCUT2D eigenvalue weighted by Gasteiger charge is -2.23. The number of carbonyl (C=O) groups excluding carboxylic acids is 2. The van der Waals surface area contributed by atoms with Crippen molar-refractivity contribution in [1.29, 1.82) is 0 Å². The molecular weight excluding hydrogens is 342 g/mol. The Morgan fingerprint density at radius 3 is 2.56 bits per heavy atom. The number of carbonyl (C=O) groups is 2. The highest BCUT2D eigenvalue weighted by Crippen LogP contribution is 2.19. The maximum atomic E-state index is 12.7. The van der Waals surface area contributed by atoms with Crippen molar-refractivity contribution in [3.63, 3.8) is 0 Å². The van der Waals surface area contributed by atoms with E-state index < -0.39 is 17.7 Å². The number of hydrogen-bond acceptors (Lipinski definition) is 3. The van der Waals surface area contributed by atoms with Crippen LogP contribution < -0.4 is 10.6 Å². The van der Waals surface area contributed by atoms with Gasteiger partial charge < -0.3 is 20.4 Å². The number of para-hydroxylation sites is 1. The van der Waals surface area contributed by atoms with Crippen LogP contribution in [0.4, 0.5) is 4.79 Å². The molecule has 1 aromatic heterocycles. The number of rotatable bonds is 7. The Hall–Kier alpha value is -2.50. The normalized spacial score (nSPS) is 12.8. The van der Waals surface area contributed by atoms with Crippen LogP contribution in [0.25, 0.3) is 10.9 Å². The number of benzene rings is 1. The summed E-state index contributed by atoms with van der Waals surface area (Å²) in [6.07, 6.45) is 2.57. The molecule has 6 heteroatoms. The van der Waals surface area contributed by atoms with Crippen LogP contribution in [-0.2, 0) is 16.0 Å². The average Bonchev–Trinajstić information content (AvgIpc) is 2.95. The first-order valence-electron chi connectivity index (χ1n) is 9.48. The predicted molar refractivity (Wildman–Crippen MR) is 108 cm³/mol. The summed E-state index contributed by atoms with van der Waals surface area (Å²) in [6, 6.07) is 7.20. The molecule has 2 amide bonds. The largest absolute Gasteiger partial charge is 0.444 e. The lowest BCUT2D eigenvalue weighted by atomic mass is 10.0. The summed E-state index contributed by atoms with van der Waals surface area (Å²) in [5.41, 5.74) is 1.36. The Kier molecular flexibility index (Phi) is 6.88. The van der Waals surface area contributed by atoms with E-state index in [4.69, 9.17) is 4.74 Å². The molecule has 0 saturated heterocycles. The SMILES string of the molecule is CC(C)CCNC(=O)[C@@H](Cc1c[nH]c2ccccc12)NC(=O)OC(C)(C)C. The van der Waals surface area contributed by atoms with Crippen LogP contribution in [0.3, 0.4) is 0 Å². The maximum absolute atomic E-state index is 12.7. The molecule has 2 rings (SSSR count). The van der Waals surface area contributed by atoms with E-state index >= 15 is 0 Å². The number of aromatic nitrogens is 1. The van der Waals surface area contributed by atoms with Gasteiger partial charge in [-0.15, -0.1) is 0 Å². The number of hydrogen-bond donors (Lipinski definition) is 3. The zero-order chi connectivity index (χ0) is 20.0. The van der Waals surface area contributed by atoms with Gasteiger partial charge in [0.05, 0.1) is 0 Å². The first-order chi connectivity index (χ1) is 12.7. The van der Waals surface area contributed by atoms with E-state index in [1.54, 1.807) is 20.8 Å². The van der Waals surface area contributed by atoms with E-state index in [2.05, 4.69) is 29.5 Å². The number of H-pyrrole nitrogens is 1. The molecule has 1 aromatic carbocycles. The van der Waals surface area contributed by atoms with Crippen molar-refractivity contribution in [2.75, 3.05) is 6.54 Å². The second kappa shape index (κ2) is 8.93. The number of aromatic amines is 1. The topological polar surface area (TPSA) is 83.2 Å². The van der Waals surface area contributed by atoms with Gasteiger partial charge in [0.15, 0.2) is 0 Å². The number of alkyl carbamates (subject to hydrolysis) is 1. The minimum Gasteiger partial charge on any atom is -0.444 e. The molecule has 0 fully saturated rings. The number of amides is 2. The fourth-order valence-electron chi connectivity index (χ4n) is 2.79. The Bertz CT molecular complexity index is 774. The lowest BCUT2D eigenvalue weighted by molar-refractivity contribution is -0.123. The molecule has 0 aliphatic carbocycles. The van der Waals surface area contributed by atoms with Crippen LogP contribution >= 0.6 is 0 Å². The maximum Gasteiger partial charge on any atom is 0.408 e. The quantitative estimate of drug-likeness (QED) is 0.691. The van der Waals surface area contributed by atoms with Gasteiger partial charge >= 0.3 is 6.09 Å². The summed E-state index contributed by atoms with van der Waals surface area (Å²) in [5, 5.41) is 6.70. The van der Waals surface area contributed by atoms with Crippen LogP contribution in [0.5, 0.6) is 0 Å². The molecular formula is C21H31N3O3. The molecule has 3 N–H and O–H groups in total. The van der Waals surface area contributed by atoms with Crippen molar-refractivity contribution in [2.45, 2.75) is 59.1 Å². The highest BCUT2D eigenvalue weighted by molar-refractivity contribution is 5.88. The molecule has 1 atom stereocenters. The summed E-state index contributed by atoms with van der Waals surface area (Å²) in [6.45, 7) is 10.2. The minimum atomic E-state index is -0.703.